The minimum Gasteiger partial charge on any atom is -0.497 e. The van der Waals surface area contributed by atoms with Crippen LogP contribution < -0.4 is 4.74 Å². The standard InChI is InChI=1S/C19H19N5O2/c1-26-17-9-7-14(8-10-17)18-6-3-11-23(18)19(25)15-4-2-5-16(12-15)24-13-20-21-22-24/h2,4-5,7-10,12-13,18H,3,6,11H2,1H3/t18-/m1/s1. The lowest BCUT2D eigenvalue weighted by Gasteiger charge is -2.25. The highest BCUT2D eigenvalue weighted by Gasteiger charge is 2.30. The average molecular weight is 349 g/mol. The minimum absolute atomic E-state index is 0.0262. The molecule has 1 atom stereocenters. The first kappa shape index (κ1) is 16.3. The summed E-state index contributed by atoms with van der Waals surface area (Å²) < 4.78 is 6.77. The number of ether oxygens (including phenoxy) is 1. The lowest BCUT2D eigenvalue weighted by molar-refractivity contribution is 0.0735. The molecule has 1 saturated heterocycles. The molecule has 1 aliphatic heterocycles. The molecule has 4 rings (SSSR count). The molecule has 0 spiro atoms. The van der Waals surface area contributed by atoms with Crippen LogP contribution in [0.1, 0.15) is 34.8 Å². The minimum atomic E-state index is 0.0262. The number of amides is 1. The third kappa shape index (κ3) is 3.03. The Kier molecular flexibility index (Phi) is 4.35. The van der Waals surface area contributed by atoms with Crippen molar-refractivity contribution in [2.75, 3.05) is 13.7 Å². The number of likely N-dealkylation sites (tertiary alicyclic amines) is 1. The summed E-state index contributed by atoms with van der Waals surface area (Å²) in [5.74, 6) is 0.844. The fraction of sp³-hybridized carbons (Fsp3) is 0.263. The summed E-state index contributed by atoms with van der Waals surface area (Å²) in [4.78, 5) is 15.1. The molecule has 132 valence electrons. The number of benzene rings is 2. The van der Waals surface area contributed by atoms with Gasteiger partial charge in [-0.1, -0.05) is 18.2 Å². The van der Waals surface area contributed by atoms with Gasteiger partial charge in [0.25, 0.3) is 5.91 Å². The fourth-order valence-electron chi connectivity index (χ4n) is 3.41. The maximum atomic E-state index is 13.1. The van der Waals surface area contributed by atoms with E-state index in [4.69, 9.17) is 4.74 Å². The molecular formula is C19H19N5O2. The van der Waals surface area contributed by atoms with E-state index in [2.05, 4.69) is 15.5 Å². The van der Waals surface area contributed by atoms with Crippen LogP contribution in [0, 0.1) is 0 Å². The third-order valence-electron chi connectivity index (χ3n) is 4.72. The van der Waals surface area contributed by atoms with Gasteiger partial charge >= 0.3 is 0 Å². The van der Waals surface area contributed by atoms with Crippen LogP contribution in [-0.4, -0.2) is 44.7 Å². The molecular weight excluding hydrogens is 330 g/mol. The van der Waals surface area contributed by atoms with Crippen LogP contribution >= 0.6 is 0 Å². The number of tetrazole rings is 1. The van der Waals surface area contributed by atoms with Gasteiger partial charge in [0, 0.05) is 12.1 Å². The zero-order chi connectivity index (χ0) is 17.9. The Bertz CT molecular complexity index is 893. The van der Waals surface area contributed by atoms with Gasteiger partial charge in [-0.2, -0.15) is 0 Å². The summed E-state index contributed by atoms with van der Waals surface area (Å²) in [6, 6.07) is 15.4. The van der Waals surface area contributed by atoms with Gasteiger partial charge in [0.1, 0.15) is 12.1 Å². The van der Waals surface area contributed by atoms with Crippen LogP contribution in [0.4, 0.5) is 0 Å². The highest BCUT2D eigenvalue weighted by atomic mass is 16.5. The third-order valence-corrected chi connectivity index (χ3v) is 4.72. The SMILES string of the molecule is COc1ccc([C@H]2CCCN2C(=O)c2cccc(-n3cnnn3)c2)cc1. The van der Waals surface area contributed by atoms with Crippen molar-refractivity contribution < 1.29 is 9.53 Å². The van der Waals surface area contributed by atoms with E-state index in [0.717, 1.165) is 36.4 Å². The Morgan fingerprint density at radius 2 is 2.04 bits per heavy atom. The van der Waals surface area contributed by atoms with Gasteiger partial charge in [-0.3, -0.25) is 4.79 Å². The second kappa shape index (κ2) is 6.95. The van der Waals surface area contributed by atoms with Crippen molar-refractivity contribution in [3.8, 4) is 11.4 Å². The molecule has 2 aromatic carbocycles. The van der Waals surface area contributed by atoms with E-state index >= 15 is 0 Å². The zero-order valence-electron chi connectivity index (χ0n) is 14.4. The summed E-state index contributed by atoms with van der Waals surface area (Å²) in [7, 11) is 1.65. The van der Waals surface area contributed by atoms with Crippen molar-refractivity contribution >= 4 is 5.91 Å². The molecule has 0 bridgehead atoms. The molecule has 0 radical (unpaired) electrons. The maximum absolute atomic E-state index is 13.1. The van der Waals surface area contributed by atoms with E-state index in [1.165, 1.54) is 6.33 Å². The van der Waals surface area contributed by atoms with Crippen molar-refractivity contribution in [3.63, 3.8) is 0 Å². The zero-order valence-corrected chi connectivity index (χ0v) is 14.4. The number of rotatable bonds is 4. The van der Waals surface area contributed by atoms with Gasteiger partial charge in [-0.05, 0) is 59.2 Å². The Labute approximate surface area is 151 Å². The molecule has 0 N–H and O–H groups in total. The first-order valence-corrected chi connectivity index (χ1v) is 8.54. The average Bonchev–Trinajstić information content (AvgIpc) is 3.39. The van der Waals surface area contributed by atoms with E-state index in [0.29, 0.717) is 5.56 Å². The Morgan fingerprint density at radius 3 is 2.77 bits per heavy atom. The van der Waals surface area contributed by atoms with E-state index in [1.807, 2.05) is 53.4 Å². The van der Waals surface area contributed by atoms with Crippen LogP contribution in [0.5, 0.6) is 5.75 Å². The molecule has 0 aliphatic carbocycles. The summed E-state index contributed by atoms with van der Waals surface area (Å²) >= 11 is 0. The van der Waals surface area contributed by atoms with Gasteiger partial charge in [0.05, 0.1) is 18.8 Å². The molecule has 0 saturated carbocycles. The van der Waals surface area contributed by atoms with E-state index in [9.17, 15) is 4.79 Å². The first-order chi connectivity index (χ1) is 12.8. The van der Waals surface area contributed by atoms with Crippen LogP contribution in [0.25, 0.3) is 5.69 Å². The molecule has 0 unspecified atom stereocenters. The summed E-state index contributed by atoms with van der Waals surface area (Å²) in [6.07, 6.45) is 3.47. The number of nitrogens with zero attached hydrogens (tertiary/aromatic N) is 5. The topological polar surface area (TPSA) is 73.1 Å². The van der Waals surface area contributed by atoms with Crippen molar-refractivity contribution in [3.05, 3.63) is 66.0 Å². The van der Waals surface area contributed by atoms with Crippen LogP contribution in [0.15, 0.2) is 54.9 Å². The fourth-order valence-corrected chi connectivity index (χ4v) is 3.41. The Balaban J connectivity index is 1.59. The predicted octanol–water partition coefficient (Wildman–Crippen LogP) is 2.65. The van der Waals surface area contributed by atoms with Gasteiger partial charge in [-0.15, -0.1) is 5.10 Å². The molecule has 1 aromatic heterocycles. The van der Waals surface area contributed by atoms with Crippen LogP contribution in [0.3, 0.4) is 0 Å². The molecule has 7 nitrogen and oxygen atoms in total. The van der Waals surface area contributed by atoms with Crippen LogP contribution in [0.2, 0.25) is 0 Å². The van der Waals surface area contributed by atoms with Gasteiger partial charge < -0.3 is 9.64 Å². The maximum Gasteiger partial charge on any atom is 0.254 e. The van der Waals surface area contributed by atoms with Gasteiger partial charge in [0.15, 0.2) is 0 Å². The largest absolute Gasteiger partial charge is 0.497 e. The highest BCUT2D eigenvalue weighted by molar-refractivity contribution is 5.95. The monoisotopic (exact) mass is 349 g/mol. The van der Waals surface area contributed by atoms with E-state index in [-0.39, 0.29) is 11.9 Å². The number of methoxy groups -OCH3 is 1. The number of aromatic nitrogens is 4. The molecule has 2 heterocycles. The predicted molar refractivity (Wildman–Crippen MR) is 95.2 cm³/mol. The van der Waals surface area contributed by atoms with Gasteiger partial charge in [-0.25, -0.2) is 4.68 Å². The second-order valence-electron chi connectivity index (χ2n) is 6.23. The molecule has 3 aromatic rings. The second-order valence-corrected chi connectivity index (χ2v) is 6.23. The Morgan fingerprint density at radius 1 is 1.19 bits per heavy atom. The first-order valence-electron chi connectivity index (χ1n) is 8.54. The van der Waals surface area contributed by atoms with Crippen molar-refractivity contribution in [2.45, 2.75) is 18.9 Å². The van der Waals surface area contributed by atoms with E-state index < -0.39 is 0 Å². The lowest BCUT2D eigenvalue weighted by atomic mass is 10.0. The highest BCUT2D eigenvalue weighted by Crippen LogP contribution is 2.34. The number of hydrogen-bond acceptors (Lipinski definition) is 5. The summed E-state index contributed by atoms with van der Waals surface area (Å²) in [5, 5.41) is 11.2. The summed E-state index contributed by atoms with van der Waals surface area (Å²) in [5.41, 5.74) is 2.53. The smallest absolute Gasteiger partial charge is 0.254 e. The quantitative estimate of drug-likeness (QED) is 0.724. The number of hydrogen-bond donors (Lipinski definition) is 0. The van der Waals surface area contributed by atoms with Crippen molar-refractivity contribution in [2.24, 2.45) is 0 Å². The van der Waals surface area contributed by atoms with E-state index in [1.54, 1.807) is 11.8 Å². The summed E-state index contributed by atoms with van der Waals surface area (Å²) in [6.45, 7) is 0.755. The molecule has 26 heavy (non-hydrogen) atoms. The Hall–Kier alpha value is -3.22. The van der Waals surface area contributed by atoms with Gasteiger partial charge in [0.2, 0.25) is 0 Å². The van der Waals surface area contributed by atoms with Crippen LogP contribution in [-0.2, 0) is 0 Å². The normalized spacial score (nSPS) is 16.7. The molecule has 1 fully saturated rings. The lowest BCUT2D eigenvalue weighted by Crippen LogP contribution is -2.30. The number of carbonyl (C=O) groups excluding carboxylic acids is 1. The van der Waals surface area contributed by atoms with Crippen molar-refractivity contribution in [1.29, 1.82) is 0 Å². The van der Waals surface area contributed by atoms with Crippen molar-refractivity contribution in [1.82, 2.24) is 25.1 Å². The molecule has 7 heteroatoms. The molecule has 1 amide bonds. The number of carbonyl (C=O) groups is 1. The molecule has 1 aliphatic rings.